The summed E-state index contributed by atoms with van der Waals surface area (Å²) >= 11 is 1.46. The molecule has 0 bridgehead atoms. The van der Waals surface area contributed by atoms with Crippen molar-refractivity contribution < 1.29 is 9.59 Å². The smallest absolute Gasteiger partial charge is 0.263 e. The standard InChI is InChI=1S/C16H24N2O2S/c1-3-13(4-2)17-15(19)12-7-5-9-18(11-12)16(20)14-8-6-10-21-14/h6,8,10,12-13H,3-5,7,9,11H2,1-2H3,(H,17,19). The van der Waals surface area contributed by atoms with E-state index in [0.29, 0.717) is 6.54 Å². The maximum atomic E-state index is 12.4. The van der Waals surface area contributed by atoms with Crippen LogP contribution >= 0.6 is 11.3 Å². The molecule has 0 aromatic carbocycles. The summed E-state index contributed by atoms with van der Waals surface area (Å²) in [7, 11) is 0. The molecule has 1 unspecified atom stereocenters. The highest BCUT2D eigenvalue weighted by molar-refractivity contribution is 7.12. The number of amides is 2. The lowest BCUT2D eigenvalue weighted by Gasteiger charge is -2.32. The Morgan fingerprint density at radius 1 is 1.43 bits per heavy atom. The number of carbonyl (C=O) groups excluding carboxylic acids is 2. The molecular weight excluding hydrogens is 284 g/mol. The van der Waals surface area contributed by atoms with Gasteiger partial charge in [0.25, 0.3) is 5.91 Å². The predicted octanol–water partition coefficient (Wildman–Crippen LogP) is 2.91. The van der Waals surface area contributed by atoms with Crippen molar-refractivity contribution in [2.24, 2.45) is 5.92 Å². The van der Waals surface area contributed by atoms with Crippen molar-refractivity contribution in [3.63, 3.8) is 0 Å². The zero-order chi connectivity index (χ0) is 15.2. The SMILES string of the molecule is CCC(CC)NC(=O)C1CCCN(C(=O)c2cccs2)C1. The van der Waals surface area contributed by atoms with Gasteiger partial charge in [-0.25, -0.2) is 0 Å². The summed E-state index contributed by atoms with van der Waals surface area (Å²) < 4.78 is 0. The van der Waals surface area contributed by atoms with E-state index in [1.807, 2.05) is 22.4 Å². The highest BCUT2D eigenvalue weighted by atomic mass is 32.1. The number of rotatable bonds is 5. The van der Waals surface area contributed by atoms with Crippen molar-refractivity contribution >= 4 is 23.2 Å². The van der Waals surface area contributed by atoms with Crippen LogP contribution in [0.3, 0.4) is 0 Å². The highest BCUT2D eigenvalue weighted by Gasteiger charge is 2.29. The lowest BCUT2D eigenvalue weighted by atomic mass is 9.96. The van der Waals surface area contributed by atoms with Crippen LogP contribution in [0, 0.1) is 5.92 Å². The van der Waals surface area contributed by atoms with Gasteiger partial charge < -0.3 is 10.2 Å². The molecule has 4 nitrogen and oxygen atoms in total. The van der Waals surface area contributed by atoms with E-state index in [-0.39, 0.29) is 23.8 Å². The monoisotopic (exact) mass is 308 g/mol. The third kappa shape index (κ3) is 4.06. The molecule has 0 radical (unpaired) electrons. The minimum absolute atomic E-state index is 0.0602. The summed E-state index contributed by atoms with van der Waals surface area (Å²) in [6.45, 7) is 5.47. The molecule has 21 heavy (non-hydrogen) atoms. The highest BCUT2D eigenvalue weighted by Crippen LogP contribution is 2.21. The summed E-state index contributed by atoms with van der Waals surface area (Å²) in [5.74, 6) is 0.0978. The van der Waals surface area contributed by atoms with Crippen molar-refractivity contribution in [3.05, 3.63) is 22.4 Å². The van der Waals surface area contributed by atoms with E-state index in [1.165, 1.54) is 11.3 Å². The van der Waals surface area contributed by atoms with Gasteiger partial charge in [0, 0.05) is 19.1 Å². The van der Waals surface area contributed by atoms with Gasteiger partial charge in [-0.05, 0) is 37.1 Å². The van der Waals surface area contributed by atoms with Crippen molar-refractivity contribution in [3.8, 4) is 0 Å². The fourth-order valence-electron chi connectivity index (χ4n) is 2.74. The Balaban J connectivity index is 1.94. The molecule has 0 spiro atoms. The van der Waals surface area contributed by atoms with Crippen molar-refractivity contribution in [2.75, 3.05) is 13.1 Å². The molecule has 1 saturated heterocycles. The summed E-state index contributed by atoms with van der Waals surface area (Å²) in [4.78, 5) is 27.3. The van der Waals surface area contributed by atoms with E-state index >= 15 is 0 Å². The van der Waals surface area contributed by atoms with Gasteiger partial charge in [-0.1, -0.05) is 19.9 Å². The second-order valence-corrected chi connectivity index (χ2v) is 6.54. The molecule has 1 aromatic heterocycles. The number of hydrogen-bond donors (Lipinski definition) is 1. The molecule has 1 N–H and O–H groups in total. The van der Waals surface area contributed by atoms with Crippen LogP contribution in [0.1, 0.15) is 49.2 Å². The molecule has 2 rings (SSSR count). The second kappa shape index (κ2) is 7.59. The average Bonchev–Trinajstić information content (AvgIpc) is 3.06. The number of nitrogens with zero attached hydrogens (tertiary/aromatic N) is 1. The van der Waals surface area contributed by atoms with Gasteiger partial charge in [-0.15, -0.1) is 11.3 Å². The molecule has 1 fully saturated rings. The van der Waals surface area contributed by atoms with Crippen LogP contribution in [0.25, 0.3) is 0 Å². The van der Waals surface area contributed by atoms with Crippen LogP contribution in [0.4, 0.5) is 0 Å². The quantitative estimate of drug-likeness (QED) is 0.909. The molecule has 0 saturated carbocycles. The van der Waals surface area contributed by atoms with E-state index in [1.54, 1.807) is 0 Å². The van der Waals surface area contributed by atoms with Crippen molar-refractivity contribution in [1.29, 1.82) is 0 Å². The van der Waals surface area contributed by atoms with Gasteiger partial charge in [0.1, 0.15) is 0 Å². The molecule has 116 valence electrons. The molecule has 1 atom stereocenters. The third-order valence-corrected chi connectivity index (χ3v) is 5.00. The molecular formula is C16H24N2O2S. The number of carbonyl (C=O) groups is 2. The molecule has 0 aliphatic carbocycles. The topological polar surface area (TPSA) is 49.4 Å². The Labute approximate surface area is 130 Å². The van der Waals surface area contributed by atoms with Crippen LogP contribution < -0.4 is 5.32 Å². The Hall–Kier alpha value is -1.36. The van der Waals surface area contributed by atoms with Crippen molar-refractivity contribution in [2.45, 2.75) is 45.6 Å². The Kier molecular flexibility index (Phi) is 5.79. The largest absolute Gasteiger partial charge is 0.353 e. The zero-order valence-electron chi connectivity index (χ0n) is 12.8. The lowest BCUT2D eigenvalue weighted by molar-refractivity contribution is -0.127. The molecule has 1 aliphatic heterocycles. The first-order chi connectivity index (χ1) is 10.2. The molecule has 1 aromatic rings. The van der Waals surface area contributed by atoms with Crippen LogP contribution in [-0.2, 0) is 4.79 Å². The van der Waals surface area contributed by atoms with E-state index in [0.717, 1.165) is 37.1 Å². The van der Waals surface area contributed by atoms with Crippen LogP contribution in [0.2, 0.25) is 0 Å². The Morgan fingerprint density at radius 3 is 2.81 bits per heavy atom. The number of nitrogens with one attached hydrogen (secondary N) is 1. The Bertz CT molecular complexity index is 469. The number of piperidine rings is 1. The Morgan fingerprint density at radius 2 is 2.19 bits per heavy atom. The van der Waals surface area contributed by atoms with E-state index in [9.17, 15) is 9.59 Å². The number of thiophene rings is 1. The predicted molar refractivity (Wildman–Crippen MR) is 85.5 cm³/mol. The third-order valence-electron chi connectivity index (χ3n) is 4.14. The number of likely N-dealkylation sites (tertiary alicyclic amines) is 1. The summed E-state index contributed by atoms with van der Waals surface area (Å²) in [5, 5.41) is 5.02. The van der Waals surface area contributed by atoms with E-state index in [2.05, 4.69) is 19.2 Å². The van der Waals surface area contributed by atoms with Gasteiger partial charge in [0.05, 0.1) is 10.8 Å². The maximum Gasteiger partial charge on any atom is 0.263 e. The molecule has 2 heterocycles. The van der Waals surface area contributed by atoms with Gasteiger partial charge in [0.2, 0.25) is 5.91 Å². The van der Waals surface area contributed by atoms with Crippen LogP contribution in [0.5, 0.6) is 0 Å². The zero-order valence-corrected chi connectivity index (χ0v) is 13.6. The first kappa shape index (κ1) is 16.0. The minimum Gasteiger partial charge on any atom is -0.353 e. The van der Waals surface area contributed by atoms with Crippen LogP contribution in [-0.4, -0.2) is 35.8 Å². The minimum atomic E-state index is -0.0664. The maximum absolute atomic E-state index is 12.4. The summed E-state index contributed by atoms with van der Waals surface area (Å²) in [6, 6.07) is 3.99. The van der Waals surface area contributed by atoms with Gasteiger partial charge in [0.15, 0.2) is 0 Å². The number of hydrogen-bond acceptors (Lipinski definition) is 3. The summed E-state index contributed by atoms with van der Waals surface area (Å²) in [6.07, 6.45) is 3.68. The lowest BCUT2D eigenvalue weighted by Crippen LogP contribution is -2.47. The summed E-state index contributed by atoms with van der Waals surface area (Å²) in [5.41, 5.74) is 0. The first-order valence-electron chi connectivity index (χ1n) is 7.78. The van der Waals surface area contributed by atoms with Crippen LogP contribution in [0.15, 0.2) is 17.5 Å². The first-order valence-corrected chi connectivity index (χ1v) is 8.66. The second-order valence-electron chi connectivity index (χ2n) is 5.59. The fourth-order valence-corrected chi connectivity index (χ4v) is 3.43. The average molecular weight is 308 g/mol. The fraction of sp³-hybridized carbons (Fsp3) is 0.625. The molecule has 5 heteroatoms. The molecule has 2 amide bonds. The van der Waals surface area contributed by atoms with Gasteiger partial charge >= 0.3 is 0 Å². The normalized spacial score (nSPS) is 18.8. The van der Waals surface area contributed by atoms with Crippen molar-refractivity contribution in [1.82, 2.24) is 10.2 Å². The van der Waals surface area contributed by atoms with Gasteiger partial charge in [-0.2, -0.15) is 0 Å². The molecule has 1 aliphatic rings. The van der Waals surface area contributed by atoms with Gasteiger partial charge in [-0.3, -0.25) is 9.59 Å². The van der Waals surface area contributed by atoms with E-state index in [4.69, 9.17) is 0 Å². The van der Waals surface area contributed by atoms with E-state index < -0.39 is 0 Å².